The van der Waals surface area contributed by atoms with Gasteiger partial charge in [0.25, 0.3) is 11.1 Å². The molecule has 0 aliphatic rings. The van der Waals surface area contributed by atoms with Crippen molar-refractivity contribution in [3.8, 4) is 0 Å². The second kappa shape index (κ2) is 12.6. The summed E-state index contributed by atoms with van der Waals surface area (Å²) in [6, 6.07) is 4.26. The first-order valence-corrected chi connectivity index (χ1v) is 13.5. The predicted octanol–water partition coefficient (Wildman–Crippen LogP) is 4.99. The van der Waals surface area contributed by atoms with E-state index in [-0.39, 0.29) is 22.1 Å². The minimum absolute atomic E-state index is 0.0192. The molecule has 0 spiro atoms. The Morgan fingerprint density at radius 1 is 0.723 bits per heavy atom. The Balaban J connectivity index is 0.000000256. The van der Waals surface area contributed by atoms with Crippen molar-refractivity contribution in [1.82, 2.24) is 19.9 Å². The molecule has 254 valence electrons. The second-order valence-corrected chi connectivity index (χ2v) is 11.6. The van der Waals surface area contributed by atoms with E-state index >= 15 is 0 Å². The fraction of sp³-hybridized carbons (Fsp3) is 0.379. The number of rotatable bonds is 8. The van der Waals surface area contributed by atoms with E-state index < -0.39 is 80.3 Å². The number of anilines is 2. The van der Waals surface area contributed by atoms with Crippen LogP contribution in [0.15, 0.2) is 33.9 Å². The van der Waals surface area contributed by atoms with Gasteiger partial charge in [-0.05, 0) is 52.0 Å². The van der Waals surface area contributed by atoms with Crippen molar-refractivity contribution < 1.29 is 45.8 Å². The monoisotopic (exact) mass is 672 g/mol. The van der Waals surface area contributed by atoms with E-state index in [1.165, 1.54) is 40.9 Å². The number of aliphatic carboxylic acids is 1. The van der Waals surface area contributed by atoms with Crippen LogP contribution in [0.25, 0.3) is 21.8 Å². The summed E-state index contributed by atoms with van der Waals surface area (Å²) in [7, 11) is 1.20. The average Bonchev–Trinajstić information content (AvgIpc) is 2.92. The number of carbonyl (C=O) groups is 2. The highest BCUT2D eigenvalue weighted by Gasteiger charge is 2.32. The zero-order valence-corrected chi connectivity index (χ0v) is 26.0. The summed E-state index contributed by atoms with van der Waals surface area (Å²) in [5.74, 6) is -12.5. The quantitative estimate of drug-likeness (QED) is 0.127. The van der Waals surface area contributed by atoms with Gasteiger partial charge in [0.15, 0.2) is 23.3 Å². The summed E-state index contributed by atoms with van der Waals surface area (Å²) in [6.45, 7) is 6.78. The number of aromatic amines is 2. The Bertz CT molecular complexity index is 1980. The van der Waals surface area contributed by atoms with Gasteiger partial charge in [0.1, 0.15) is 22.1 Å². The Hall–Kier alpha value is -5.16. The van der Waals surface area contributed by atoms with E-state index in [0.29, 0.717) is 13.8 Å². The highest BCUT2D eigenvalue weighted by atomic mass is 19.3. The van der Waals surface area contributed by atoms with Gasteiger partial charge in [-0.25, -0.2) is 28.3 Å². The van der Waals surface area contributed by atoms with Gasteiger partial charge in [-0.2, -0.15) is 17.6 Å². The first-order chi connectivity index (χ1) is 21.4. The van der Waals surface area contributed by atoms with E-state index in [2.05, 4.69) is 25.3 Å². The maximum absolute atomic E-state index is 14.2. The molecule has 0 fully saturated rings. The third kappa shape index (κ3) is 8.17. The van der Waals surface area contributed by atoms with E-state index in [4.69, 9.17) is 5.11 Å². The van der Waals surface area contributed by atoms with E-state index in [1.54, 1.807) is 0 Å². The SMILES string of the molecule is CC(C)(Nc1cc(F)c2nc(C(C)(F)F)[nH]c(=O)c2c1)C(=O)O.COC(=O)C(C)(C)Nc1cc(F)c2nc(C(C)(F)F)[nH]c(=O)c2c1. The second-order valence-electron chi connectivity index (χ2n) is 11.6. The number of carboxylic acid groups (broad SMARTS) is 1. The number of hydrogen-bond acceptors (Lipinski definition) is 9. The van der Waals surface area contributed by atoms with Crippen molar-refractivity contribution in [2.24, 2.45) is 0 Å². The minimum atomic E-state index is -3.43. The molecule has 0 saturated heterocycles. The van der Waals surface area contributed by atoms with Gasteiger partial charge >= 0.3 is 23.8 Å². The van der Waals surface area contributed by atoms with Gasteiger partial charge in [-0.1, -0.05) is 0 Å². The smallest absolute Gasteiger partial charge is 0.330 e. The summed E-state index contributed by atoms with van der Waals surface area (Å²) in [6.07, 6.45) is 0. The van der Waals surface area contributed by atoms with E-state index in [0.717, 1.165) is 18.2 Å². The minimum Gasteiger partial charge on any atom is -0.480 e. The van der Waals surface area contributed by atoms with Gasteiger partial charge in [-0.15, -0.1) is 0 Å². The molecule has 2 aromatic carbocycles. The van der Waals surface area contributed by atoms with Crippen LogP contribution in [-0.4, -0.2) is 55.2 Å². The molecule has 0 radical (unpaired) electrons. The number of benzene rings is 2. The molecule has 0 amide bonds. The summed E-state index contributed by atoms with van der Waals surface area (Å²) in [5.41, 5.74) is -5.32. The highest BCUT2D eigenvalue weighted by molar-refractivity contribution is 5.87. The van der Waals surface area contributed by atoms with Crippen molar-refractivity contribution in [2.45, 2.75) is 64.5 Å². The zero-order valence-electron chi connectivity index (χ0n) is 26.0. The third-order valence-electron chi connectivity index (χ3n) is 6.50. The van der Waals surface area contributed by atoms with Crippen LogP contribution in [0.5, 0.6) is 0 Å². The van der Waals surface area contributed by atoms with Gasteiger partial charge in [0.2, 0.25) is 0 Å². The molecule has 18 heteroatoms. The third-order valence-corrected chi connectivity index (χ3v) is 6.50. The molecular formula is C29H30F6N6O6. The Kier molecular flexibility index (Phi) is 9.70. The topological polar surface area (TPSA) is 179 Å². The molecule has 0 unspecified atom stereocenters. The van der Waals surface area contributed by atoms with Gasteiger partial charge in [0.05, 0.1) is 17.9 Å². The Morgan fingerprint density at radius 2 is 1.09 bits per heavy atom. The largest absolute Gasteiger partial charge is 0.480 e. The number of carboxylic acids is 1. The van der Waals surface area contributed by atoms with Crippen LogP contribution in [0.3, 0.4) is 0 Å². The van der Waals surface area contributed by atoms with Crippen molar-refractivity contribution in [2.75, 3.05) is 17.7 Å². The number of fused-ring (bicyclic) bond motifs is 2. The molecule has 0 bridgehead atoms. The molecule has 0 atom stereocenters. The molecule has 12 nitrogen and oxygen atoms in total. The number of alkyl halides is 4. The molecule has 0 aliphatic carbocycles. The first-order valence-electron chi connectivity index (χ1n) is 13.5. The van der Waals surface area contributed by atoms with Crippen molar-refractivity contribution in [1.29, 1.82) is 0 Å². The van der Waals surface area contributed by atoms with Gasteiger partial charge < -0.3 is 30.4 Å². The van der Waals surface area contributed by atoms with Crippen LogP contribution in [0, 0.1) is 11.6 Å². The molecule has 5 N–H and O–H groups in total. The van der Waals surface area contributed by atoms with Crippen LogP contribution in [-0.2, 0) is 26.2 Å². The van der Waals surface area contributed by atoms with Crippen LogP contribution in [0.1, 0.15) is 53.2 Å². The lowest BCUT2D eigenvalue weighted by Gasteiger charge is -2.24. The number of aromatic nitrogens is 4. The Morgan fingerprint density at radius 3 is 1.40 bits per heavy atom. The van der Waals surface area contributed by atoms with E-state index in [9.17, 15) is 45.5 Å². The molecule has 47 heavy (non-hydrogen) atoms. The molecule has 0 aliphatic heterocycles. The van der Waals surface area contributed by atoms with Crippen LogP contribution >= 0.6 is 0 Å². The number of nitrogens with one attached hydrogen (secondary N) is 4. The fourth-order valence-electron chi connectivity index (χ4n) is 4.04. The number of H-pyrrole nitrogens is 2. The number of ether oxygens (including phenoxy) is 1. The number of nitrogens with zero attached hydrogens (tertiary/aromatic N) is 2. The number of esters is 1. The highest BCUT2D eigenvalue weighted by Crippen LogP contribution is 2.28. The number of carbonyl (C=O) groups excluding carboxylic acids is 1. The number of hydrogen-bond donors (Lipinski definition) is 5. The summed E-state index contributed by atoms with van der Waals surface area (Å²) in [5, 5.41) is 13.9. The van der Waals surface area contributed by atoms with Crippen molar-refractivity contribution in [3.05, 3.63) is 68.3 Å². The Labute approximate surface area is 261 Å². The molecule has 2 aromatic heterocycles. The lowest BCUT2D eigenvalue weighted by molar-refractivity contribution is -0.144. The van der Waals surface area contributed by atoms with Crippen LogP contribution in [0.4, 0.5) is 37.7 Å². The lowest BCUT2D eigenvalue weighted by atomic mass is 10.0. The maximum Gasteiger partial charge on any atom is 0.330 e. The zero-order chi connectivity index (χ0) is 35.9. The first kappa shape index (κ1) is 36.3. The summed E-state index contributed by atoms with van der Waals surface area (Å²) < 4.78 is 86.1. The predicted molar refractivity (Wildman–Crippen MR) is 159 cm³/mol. The normalized spacial score (nSPS) is 12.4. The molecule has 4 aromatic rings. The maximum atomic E-state index is 14.2. The van der Waals surface area contributed by atoms with Crippen molar-refractivity contribution in [3.63, 3.8) is 0 Å². The average molecular weight is 673 g/mol. The molecule has 2 heterocycles. The van der Waals surface area contributed by atoms with Crippen LogP contribution in [0.2, 0.25) is 0 Å². The molecule has 4 rings (SSSR count). The fourth-order valence-corrected chi connectivity index (χ4v) is 4.04. The molecular weight excluding hydrogens is 642 g/mol. The standard InChI is InChI=1S/C15H16F3N3O3.C14H14F3N3O3/c1-14(2,13(23)24-4)21-7-5-8-10(9(16)6-7)19-12(15(3,17)18)20-11(8)22;1-13(2,12(22)23)20-6-4-7-9(8(15)5-6)18-11(14(3,16)17)19-10(7)21/h5-6,21H,1-4H3,(H,19,20,22);4-5,20H,1-3H3,(H,22,23)(H,18,19,21). The molecule has 0 saturated carbocycles. The summed E-state index contributed by atoms with van der Waals surface area (Å²) in [4.78, 5) is 57.4. The number of halogens is 6. The van der Waals surface area contributed by atoms with E-state index in [1.807, 2.05) is 9.97 Å². The lowest BCUT2D eigenvalue weighted by Crippen LogP contribution is -2.41. The number of methoxy groups -OCH3 is 1. The van der Waals surface area contributed by atoms with Crippen molar-refractivity contribution >= 4 is 45.1 Å². The van der Waals surface area contributed by atoms with Crippen LogP contribution < -0.4 is 21.8 Å². The summed E-state index contributed by atoms with van der Waals surface area (Å²) >= 11 is 0. The van der Waals surface area contributed by atoms with Gasteiger partial charge in [-0.3, -0.25) is 9.59 Å². The van der Waals surface area contributed by atoms with Gasteiger partial charge in [0, 0.05) is 25.2 Å².